The molecule has 0 saturated heterocycles. The minimum absolute atomic E-state index is 0.0281. The SMILES string of the molecule is CC(C)(C)C1CCc2c(sc3nc(CCC(=O)NCc4cccs4)[nH]c(=O)c23)C1. The normalized spacial score (nSPS) is 16.7. The molecule has 3 aromatic heterocycles. The van der Waals surface area contributed by atoms with E-state index in [-0.39, 0.29) is 16.9 Å². The van der Waals surface area contributed by atoms with Crippen LogP contribution >= 0.6 is 22.7 Å². The Hall–Kier alpha value is -1.99. The predicted molar refractivity (Wildman–Crippen MR) is 120 cm³/mol. The fourth-order valence-electron chi connectivity index (χ4n) is 4.01. The molecular formula is C22H27N3O2S2. The Balaban J connectivity index is 1.46. The van der Waals surface area contributed by atoms with Crippen LogP contribution in [0.3, 0.4) is 0 Å². The number of hydrogen-bond acceptors (Lipinski definition) is 5. The second kappa shape index (κ2) is 8.03. The van der Waals surface area contributed by atoms with Gasteiger partial charge >= 0.3 is 0 Å². The van der Waals surface area contributed by atoms with Crippen LogP contribution in [0.25, 0.3) is 10.2 Å². The van der Waals surface area contributed by atoms with Crippen LogP contribution in [0.15, 0.2) is 22.3 Å². The number of amides is 1. The molecule has 3 aromatic rings. The summed E-state index contributed by atoms with van der Waals surface area (Å²) in [5.74, 6) is 1.20. The lowest BCUT2D eigenvalue weighted by atomic mass is 9.72. The molecular weight excluding hydrogens is 402 g/mol. The Morgan fingerprint density at radius 1 is 1.38 bits per heavy atom. The Morgan fingerprint density at radius 3 is 2.93 bits per heavy atom. The molecule has 1 amide bonds. The monoisotopic (exact) mass is 429 g/mol. The van der Waals surface area contributed by atoms with Crippen LogP contribution < -0.4 is 10.9 Å². The van der Waals surface area contributed by atoms with E-state index < -0.39 is 0 Å². The van der Waals surface area contributed by atoms with E-state index in [1.54, 1.807) is 22.7 Å². The zero-order valence-corrected chi connectivity index (χ0v) is 18.8. The van der Waals surface area contributed by atoms with Crippen LogP contribution in [0.5, 0.6) is 0 Å². The number of aromatic nitrogens is 2. The van der Waals surface area contributed by atoms with Crippen molar-refractivity contribution >= 4 is 38.8 Å². The van der Waals surface area contributed by atoms with Gasteiger partial charge in [-0.25, -0.2) is 4.98 Å². The third-order valence-electron chi connectivity index (χ3n) is 5.82. The molecule has 154 valence electrons. The number of nitrogens with one attached hydrogen (secondary N) is 2. The summed E-state index contributed by atoms with van der Waals surface area (Å²) >= 11 is 3.28. The first-order chi connectivity index (χ1) is 13.8. The average Bonchev–Trinajstić information content (AvgIpc) is 3.30. The molecule has 0 spiro atoms. The zero-order valence-electron chi connectivity index (χ0n) is 17.1. The summed E-state index contributed by atoms with van der Waals surface area (Å²) in [6.07, 6.45) is 3.85. The number of rotatable bonds is 5. The Labute approximate surface area is 178 Å². The van der Waals surface area contributed by atoms with Crippen LogP contribution in [0.4, 0.5) is 0 Å². The van der Waals surface area contributed by atoms with Crippen molar-refractivity contribution in [2.24, 2.45) is 11.3 Å². The quantitative estimate of drug-likeness (QED) is 0.629. The van der Waals surface area contributed by atoms with Crippen LogP contribution in [0.1, 0.15) is 54.8 Å². The lowest BCUT2D eigenvalue weighted by Crippen LogP contribution is -2.26. The highest BCUT2D eigenvalue weighted by atomic mass is 32.1. The summed E-state index contributed by atoms with van der Waals surface area (Å²) in [6.45, 7) is 7.43. The molecule has 29 heavy (non-hydrogen) atoms. The third kappa shape index (κ3) is 4.46. The molecule has 4 rings (SSSR count). The van der Waals surface area contributed by atoms with Gasteiger partial charge in [0.15, 0.2) is 0 Å². The van der Waals surface area contributed by atoms with Gasteiger partial charge in [-0.05, 0) is 47.6 Å². The number of aromatic amines is 1. The lowest BCUT2D eigenvalue weighted by molar-refractivity contribution is -0.121. The summed E-state index contributed by atoms with van der Waals surface area (Å²) in [7, 11) is 0. The van der Waals surface area contributed by atoms with E-state index in [2.05, 4.69) is 31.1 Å². The molecule has 1 unspecified atom stereocenters. The van der Waals surface area contributed by atoms with E-state index in [4.69, 9.17) is 4.98 Å². The predicted octanol–water partition coefficient (Wildman–Crippen LogP) is 4.45. The van der Waals surface area contributed by atoms with Gasteiger partial charge in [-0.15, -0.1) is 22.7 Å². The number of aryl methyl sites for hydroxylation is 2. The molecule has 0 saturated carbocycles. The van der Waals surface area contributed by atoms with Gasteiger partial charge < -0.3 is 10.3 Å². The van der Waals surface area contributed by atoms with Gasteiger partial charge in [0.2, 0.25) is 5.91 Å². The molecule has 1 aliphatic rings. The standard InChI is InChI=1S/C22H27N3O2S2/c1-22(2,3)13-6-7-15-16(11-13)29-21-19(15)20(27)24-17(25-21)8-9-18(26)23-12-14-5-4-10-28-14/h4-5,10,13H,6-9,11-12H2,1-3H3,(H,23,26)(H,24,25,27). The number of carbonyl (C=O) groups excluding carboxylic acids is 1. The van der Waals surface area contributed by atoms with Crippen LogP contribution in [0.2, 0.25) is 0 Å². The Kier molecular flexibility index (Phi) is 5.62. The van der Waals surface area contributed by atoms with Crippen molar-refractivity contribution in [3.8, 4) is 0 Å². The van der Waals surface area contributed by atoms with Gasteiger partial charge in [-0.2, -0.15) is 0 Å². The van der Waals surface area contributed by atoms with Crippen LogP contribution in [0, 0.1) is 11.3 Å². The molecule has 0 aliphatic heterocycles. The van der Waals surface area contributed by atoms with E-state index in [0.717, 1.165) is 34.4 Å². The molecule has 3 heterocycles. The van der Waals surface area contributed by atoms with Gasteiger partial charge in [0.25, 0.3) is 5.56 Å². The maximum atomic E-state index is 12.7. The third-order valence-corrected chi connectivity index (χ3v) is 7.85. The first-order valence-electron chi connectivity index (χ1n) is 10.1. The van der Waals surface area contributed by atoms with Crippen molar-refractivity contribution < 1.29 is 4.79 Å². The summed E-state index contributed by atoms with van der Waals surface area (Å²) < 4.78 is 0. The minimum atomic E-state index is -0.0595. The van der Waals surface area contributed by atoms with E-state index >= 15 is 0 Å². The molecule has 5 nitrogen and oxygen atoms in total. The molecule has 1 aliphatic carbocycles. The Bertz CT molecular complexity index is 1070. The highest BCUT2D eigenvalue weighted by Crippen LogP contribution is 2.41. The van der Waals surface area contributed by atoms with E-state index in [1.807, 2.05) is 17.5 Å². The largest absolute Gasteiger partial charge is 0.351 e. The topological polar surface area (TPSA) is 74.8 Å². The molecule has 7 heteroatoms. The first kappa shape index (κ1) is 20.3. The summed E-state index contributed by atoms with van der Waals surface area (Å²) in [5.41, 5.74) is 1.41. The summed E-state index contributed by atoms with van der Waals surface area (Å²) in [5, 5.41) is 5.68. The number of thiophene rings is 2. The average molecular weight is 430 g/mol. The van der Waals surface area contributed by atoms with Crippen molar-refractivity contribution in [1.29, 1.82) is 0 Å². The second-order valence-corrected chi connectivity index (χ2v) is 11.0. The summed E-state index contributed by atoms with van der Waals surface area (Å²) in [6, 6.07) is 3.97. The smallest absolute Gasteiger partial charge is 0.259 e. The van der Waals surface area contributed by atoms with E-state index in [9.17, 15) is 9.59 Å². The fraction of sp³-hybridized carbons (Fsp3) is 0.500. The molecule has 0 aromatic carbocycles. The highest BCUT2D eigenvalue weighted by Gasteiger charge is 2.31. The van der Waals surface area contributed by atoms with Crippen molar-refractivity contribution in [2.45, 2.75) is 59.4 Å². The molecule has 2 N–H and O–H groups in total. The lowest BCUT2D eigenvalue weighted by Gasteiger charge is -2.33. The number of H-pyrrole nitrogens is 1. The number of carbonyl (C=O) groups is 1. The van der Waals surface area contributed by atoms with E-state index in [1.165, 1.54) is 10.4 Å². The molecule has 0 fully saturated rings. The van der Waals surface area contributed by atoms with Crippen molar-refractivity contribution in [3.05, 3.63) is 49.0 Å². The Morgan fingerprint density at radius 2 is 2.21 bits per heavy atom. The molecule has 0 radical (unpaired) electrons. The van der Waals surface area contributed by atoms with Crippen molar-refractivity contribution in [2.75, 3.05) is 0 Å². The van der Waals surface area contributed by atoms with Gasteiger partial charge in [0.1, 0.15) is 10.7 Å². The van der Waals surface area contributed by atoms with Crippen LogP contribution in [-0.2, 0) is 30.6 Å². The maximum Gasteiger partial charge on any atom is 0.259 e. The zero-order chi connectivity index (χ0) is 20.6. The summed E-state index contributed by atoms with van der Waals surface area (Å²) in [4.78, 5) is 35.7. The number of nitrogens with zero attached hydrogens (tertiary/aromatic N) is 1. The number of hydrogen-bond donors (Lipinski definition) is 2. The molecule has 0 bridgehead atoms. The number of fused-ring (bicyclic) bond motifs is 3. The minimum Gasteiger partial charge on any atom is -0.351 e. The maximum absolute atomic E-state index is 12.7. The fourth-order valence-corrected chi connectivity index (χ4v) is 5.97. The van der Waals surface area contributed by atoms with Gasteiger partial charge in [-0.1, -0.05) is 26.8 Å². The van der Waals surface area contributed by atoms with Crippen LogP contribution in [-0.4, -0.2) is 15.9 Å². The van der Waals surface area contributed by atoms with Gasteiger partial charge in [-0.3, -0.25) is 9.59 Å². The molecule has 1 atom stereocenters. The van der Waals surface area contributed by atoms with E-state index in [0.29, 0.717) is 31.1 Å². The van der Waals surface area contributed by atoms with Crippen molar-refractivity contribution in [3.63, 3.8) is 0 Å². The van der Waals surface area contributed by atoms with Gasteiger partial charge in [0.05, 0.1) is 11.9 Å². The highest BCUT2D eigenvalue weighted by molar-refractivity contribution is 7.18. The van der Waals surface area contributed by atoms with Crippen molar-refractivity contribution in [1.82, 2.24) is 15.3 Å². The first-order valence-corrected chi connectivity index (χ1v) is 11.8. The van der Waals surface area contributed by atoms with Gasteiger partial charge in [0, 0.05) is 22.6 Å². The second-order valence-electron chi connectivity index (χ2n) is 8.86.